The molecule has 1 atom stereocenters. The lowest BCUT2D eigenvalue weighted by molar-refractivity contribution is 0.236. The summed E-state index contributed by atoms with van der Waals surface area (Å²) >= 11 is 11.8. The van der Waals surface area contributed by atoms with Gasteiger partial charge in [-0.1, -0.05) is 29.3 Å². The van der Waals surface area contributed by atoms with Crippen LogP contribution < -0.4 is 4.74 Å². The molecule has 0 saturated heterocycles. The fourth-order valence-corrected chi connectivity index (χ4v) is 3.67. The van der Waals surface area contributed by atoms with Gasteiger partial charge >= 0.3 is 0 Å². The molecule has 4 aromatic rings. The van der Waals surface area contributed by atoms with Gasteiger partial charge in [-0.05, 0) is 48.5 Å². The lowest BCUT2D eigenvalue weighted by atomic mass is 9.73. The van der Waals surface area contributed by atoms with Crippen LogP contribution in [0.15, 0.2) is 79.5 Å². The smallest absolute Gasteiger partial charge is 0.145 e. The van der Waals surface area contributed by atoms with Crippen LogP contribution in [0.3, 0.4) is 0 Å². The maximum atomic E-state index is 15.0. The molecule has 31 heavy (non-hydrogen) atoms. The van der Waals surface area contributed by atoms with Crippen LogP contribution >= 0.6 is 23.2 Å². The zero-order chi connectivity index (χ0) is 21.8. The number of aliphatic hydroxyl groups is 1. The van der Waals surface area contributed by atoms with Gasteiger partial charge < -0.3 is 9.84 Å². The molecule has 0 fully saturated rings. The Labute approximate surface area is 188 Å². The van der Waals surface area contributed by atoms with Crippen LogP contribution in [0.4, 0.5) is 4.39 Å². The minimum absolute atomic E-state index is 0.202. The number of hydrogen-bond donors (Lipinski definition) is 1. The first kappa shape index (κ1) is 21.2. The SMILES string of the molecule is OCC(c1cncnc1)(c1ccc(Oc2ccc(Cl)cc2)cn1)c1ccc(Cl)cc1F. The number of nitrogens with zero attached hydrogens (tertiary/aromatic N) is 3. The first-order valence-corrected chi connectivity index (χ1v) is 10.0. The van der Waals surface area contributed by atoms with Crippen molar-refractivity contribution in [2.45, 2.75) is 5.41 Å². The van der Waals surface area contributed by atoms with E-state index < -0.39 is 17.8 Å². The van der Waals surface area contributed by atoms with E-state index in [9.17, 15) is 5.11 Å². The second-order valence-corrected chi connectivity index (χ2v) is 7.62. The van der Waals surface area contributed by atoms with E-state index in [2.05, 4.69) is 15.0 Å². The van der Waals surface area contributed by atoms with Crippen molar-refractivity contribution < 1.29 is 14.2 Å². The van der Waals surface area contributed by atoms with Gasteiger partial charge in [0.1, 0.15) is 23.6 Å². The maximum absolute atomic E-state index is 15.0. The van der Waals surface area contributed by atoms with E-state index in [0.717, 1.165) is 0 Å². The highest BCUT2D eigenvalue weighted by Crippen LogP contribution is 2.40. The Morgan fingerprint density at radius 3 is 2.16 bits per heavy atom. The second kappa shape index (κ2) is 8.98. The molecular weight excluding hydrogens is 440 g/mol. The molecule has 0 amide bonds. The van der Waals surface area contributed by atoms with Crippen LogP contribution in [0.2, 0.25) is 10.0 Å². The van der Waals surface area contributed by atoms with Crippen molar-refractivity contribution in [1.29, 1.82) is 0 Å². The number of ether oxygens (including phenoxy) is 1. The zero-order valence-electron chi connectivity index (χ0n) is 16.0. The van der Waals surface area contributed by atoms with Gasteiger partial charge in [-0.25, -0.2) is 14.4 Å². The molecule has 156 valence electrons. The predicted molar refractivity (Wildman–Crippen MR) is 116 cm³/mol. The Balaban J connectivity index is 1.79. The molecule has 0 radical (unpaired) electrons. The van der Waals surface area contributed by atoms with Gasteiger partial charge in [0, 0.05) is 33.6 Å². The van der Waals surface area contributed by atoms with E-state index in [1.165, 1.54) is 37.1 Å². The summed E-state index contributed by atoms with van der Waals surface area (Å²) in [6, 6.07) is 14.6. The van der Waals surface area contributed by atoms with Crippen molar-refractivity contribution in [1.82, 2.24) is 15.0 Å². The first-order chi connectivity index (χ1) is 15.0. The molecule has 1 unspecified atom stereocenters. The van der Waals surface area contributed by atoms with Crippen molar-refractivity contribution in [3.05, 3.63) is 112 Å². The predicted octanol–water partition coefficient (Wildman–Crippen LogP) is 5.44. The Bertz CT molecular complexity index is 1180. The molecule has 0 spiro atoms. The third kappa shape index (κ3) is 4.23. The molecule has 5 nitrogen and oxygen atoms in total. The molecule has 4 rings (SSSR count). The zero-order valence-corrected chi connectivity index (χ0v) is 17.6. The molecular formula is C23H16Cl2FN3O2. The van der Waals surface area contributed by atoms with Gasteiger partial charge in [-0.2, -0.15) is 0 Å². The van der Waals surface area contributed by atoms with Crippen molar-refractivity contribution in [2.75, 3.05) is 6.61 Å². The van der Waals surface area contributed by atoms with Crippen LogP contribution in [0.25, 0.3) is 0 Å². The minimum Gasteiger partial charge on any atom is -0.456 e. The molecule has 0 aliphatic rings. The summed E-state index contributed by atoms with van der Waals surface area (Å²) in [6.45, 7) is -0.469. The number of hydrogen-bond acceptors (Lipinski definition) is 5. The van der Waals surface area contributed by atoms with Gasteiger partial charge in [0.2, 0.25) is 0 Å². The summed E-state index contributed by atoms with van der Waals surface area (Å²) in [4.78, 5) is 12.6. The van der Waals surface area contributed by atoms with Crippen LogP contribution in [0.1, 0.15) is 16.8 Å². The first-order valence-electron chi connectivity index (χ1n) is 9.25. The molecule has 0 saturated carbocycles. The molecule has 0 aliphatic heterocycles. The van der Waals surface area contributed by atoms with E-state index in [1.807, 2.05) is 0 Å². The van der Waals surface area contributed by atoms with E-state index >= 15 is 4.39 Å². The number of pyridine rings is 1. The van der Waals surface area contributed by atoms with Gasteiger partial charge in [0.05, 0.1) is 23.9 Å². The molecule has 0 bridgehead atoms. The Hall–Kier alpha value is -3.06. The van der Waals surface area contributed by atoms with Crippen molar-refractivity contribution in [2.24, 2.45) is 0 Å². The normalized spacial score (nSPS) is 12.9. The maximum Gasteiger partial charge on any atom is 0.145 e. The standard InChI is InChI=1S/C23H16Cl2FN3O2/c24-16-1-4-18(5-2-16)31-19-6-8-22(29-12-19)23(13-30,15-10-27-14-28-11-15)20-7-3-17(25)9-21(20)26/h1-12,14,30H,13H2. The summed E-state index contributed by atoms with van der Waals surface area (Å²) in [7, 11) is 0. The largest absolute Gasteiger partial charge is 0.456 e. The number of aliphatic hydroxyl groups excluding tert-OH is 1. The fraction of sp³-hybridized carbons (Fsp3) is 0.0870. The third-order valence-corrected chi connectivity index (χ3v) is 5.39. The van der Waals surface area contributed by atoms with Crippen LogP contribution in [0, 0.1) is 5.82 Å². The molecule has 2 aromatic heterocycles. The van der Waals surface area contributed by atoms with Crippen LogP contribution in [-0.4, -0.2) is 26.7 Å². The number of aromatic nitrogens is 3. The summed E-state index contributed by atoms with van der Waals surface area (Å²) in [6.07, 6.45) is 5.92. The lowest BCUT2D eigenvalue weighted by Crippen LogP contribution is -2.36. The Kier molecular flexibility index (Phi) is 6.13. The second-order valence-electron chi connectivity index (χ2n) is 6.75. The van der Waals surface area contributed by atoms with Crippen molar-refractivity contribution in [3.63, 3.8) is 0 Å². The van der Waals surface area contributed by atoms with E-state index in [0.29, 0.717) is 27.8 Å². The monoisotopic (exact) mass is 455 g/mol. The van der Waals surface area contributed by atoms with Crippen LogP contribution in [0.5, 0.6) is 11.5 Å². The summed E-state index contributed by atoms with van der Waals surface area (Å²) in [5.41, 5.74) is -0.255. The Morgan fingerprint density at radius 2 is 1.55 bits per heavy atom. The highest BCUT2D eigenvalue weighted by molar-refractivity contribution is 6.30. The summed E-state index contributed by atoms with van der Waals surface area (Å²) < 4.78 is 20.8. The molecule has 1 N–H and O–H groups in total. The van der Waals surface area contributed by atoms with Gasteiger partial charge in [0.25, 0.3) is 0 Å². The van der Waals surface area contributed by atoms with E-state index in [-0.39, 0.29) is 10.6 Å². The van der Waals surface area contributed by atoms with Gasteiger partial charge in [-0.3, -0.25) is 4.98 Å². The quantitative estimate of drug-likeness (QED) is 0.419. The van der Waals surface area contributed by atoms with E-state index in [1.54, 1.807) is 42.5 Å². The summed E-state index contributed by atoms with van der Waals surface area (Å²) in [5, 5.41) is 11.4. The Morgan fingerprint density at radius 1 is 0.871 bits per heavy atom. The fourth-order valence-electron chi connectivity index (χ4n) is 3.39. The topological polar surface area (TPSA) is 68.1 Å². The number of rotatable bonds is 6. The average molecular weight is 456 g/mol. The minimum atomic E-state index is -1.34. The molecule has 2 heterocycles. The van der Waals surface area contributed by atoms with Gasteiger partial charge in [0.15, 0.2) is 0 Å². The number of benzene rings is 2. The molecule has 2 aromatic carbocycles. The van der Waals surface area contributed by atoms with E-state index in [4.69, 9.17) is 27.9 Å². The number of halogens is 3. The summed E-state index contributed by atoms with van der Waals surface area (Å²) in [5.74, 6) is 0.486. The molecule has 0 aliphatic carbocycles. The highest BCUT2D eigenvalue weighted by atomic mass is 35.5. The lowest BCUT2D eigenvalue weighted by Gasteiger charge is -2.32. The van der Waals surface area contributed by atoms with Gasteiger partial charge in [-0.15, -0.1) is 0 Å². The average Bonchev–Trinajstić information content (AvgIpc) is 2.79. The molecule has 8 heteroatoms. The van der Waals surface area contributed by atoms with Crippen molar-refractivity contribution in [3.8, 4) is 11.5 Å². The van der Waals surface area contributed by atoms with Crippen molar-refractivity contribution >= 4 is 23.2 Å². The van der Waals surface area contributed by atoms with Crippen LogP contribution in [-0.2, 0) is 5.41 Å². The highest BCUT2D eigenvalue weighted by Gasteiger charge is 2.40. The third-order valence-electron chi connectivity index (χ3n) is 4.90.